The van der Waals surface area contributed by atoms with Gasteiger partial charge in [-0.25, -0.2) is 4.98 Å². The lowest BCUT2D eigenvalue weighted by atomic mass is 9.93. The maximum atomic E-state index is 13.9. The fraction of sp³-hybridized carbons (Fsp3) is 0.638. The summed E-state index contributed by atoms with van der Waals surface area (Å²) in [4.78, 5) is 71.4. The van der Waals surface area contributed by atoms with E-state index < -0.39 is 104 Å². The van der Waals surface area contributed by atoms with Crippen molar-refractivity contribution in [2.24, 2.45) is 21.7 Å². The van der Waals surface area contributed by atoms with Crippen LogP contribution < -0.4 is 10.1 Å². The van der Waals surface area contributed by atoms with Crippen molar-refractivity contribution in [3.63, 3.8) is 0 Å². The summed E-state index contributed by atoms with van der Waals surface area (Å²) < 4.78 is 68.9. The second-order valence-corrected chi connectivity index (χ2v) is 18.9. The largest absolute Gasteiger partial charge is 0.462 e. The molecule has 1 fully saturated rings. The molecular weight excluding hydrogens is 813 g/mol. The van der Waals surface area contributed by atoms with Crippen LogP contribution >= 0.6 is 0 Å². The Labute approximate surface area is 376 Å². The highest BCUT2D eigenvalue weighted by atomic mass is 16.7. The number of fused-ring (bicyclic) bond motifs is 1. The van der Waals surface area contributed by atoms with Crippen LogP contribution in [0, 0.1) is 21.7 Å². The molecule has 348 valence electrons. The summed E-state index contributed by atoms with van der Waals surface area (Å²) in [5.41, 5.74) is -2.29. The van der Waals surface area contributed by atoms with Gasteiger partial charge in [0.2, 0.25) is 24.2 Å². The molecule has 0 radical (unpaired) electrons. The molecule has 4 rings (SSSR count). The number of carbonyl (C=O) groups is 5. The maximum absolute atomic E-state index is 13.9. The lowest BCUT2D eigenvalue weighted by Gasteiger charge is -2.45. The summed E-state index contributed by atoms with van der Waals surface area (Å²) in [6.45, 7) is 11.3. The summed E-state index contributed by atoms with van der Waals surface area (Å²) in [7, 11) is 0. The summed E-state index contributed by atoms with van der Waals surface area (Å²) in [6, 6.07) is 9.54. The van der Waals surface area contributed by atoms with Crippen molar-refractivity contribution in [2.75, 3.05) is 13.2 Å². The van der Waals surface area contributed by atoms with Crippen LogP contribution in [0.4, 0.5) is 0 Å². The number of rotatable bonds is 16. The number of ether oxygens (including phenoxy) is 6. The van der Waals surface area contributed by atoms with Crippen molar-refractivity contribution >= 4 is 40.8 Å². The molecule has 16 heteroatoms. The zero-order valence-electron chi connectivity index (χ0n) is 42.0. The Hall–Kier alpha value is -5.09. The van der Waals surface area contributed by atoms with Crippen molar-refractivity contribution in [1.29, 1.82) is 0 Å². The molecule has 1 amide bonds. The molecule has 3 heterocycles. The Morgan fingerprint density at radius 3 is 1.89 bits per heavy atom. The lowest BCUT2D eigenvalue weighted by Crippen LogP contribution is -2.65. The number of hydrogen-bond acceptors (Lipinski definition) is 14. The van der Waals surface area contributed by atoms with Gasteiger partial charge in [0.25, 0.3) is 0 Å². The first-order valence-corrected chi connectivity index (χ1v) is 21.0. The van der Waals surface area contributed by atoms with Crippen LogP contribution in [0.15, 0.2) is 36.5 Å². The first kappa shape index (κ1) is 44.5. The predicted octanol–water partition coefficient (Wildman–Crippen LogP) is 6.13. The van der Waals surface area contributed by atoms with Crippen LogP contribution in [0.25, 0.3) is 11.0 Å². The lowest BCUT2D eigenvalue weighted by molar-refractivity contribution is -0.294. The van der Waals surface area contributed by atoms with Gasteiger partial charge >= 0.3 is 23.9 Å². The molecule has 3 aromatic rings. The third-order valence-electron chi connectivity index (χ3n) is 9.91. The van der Waals surface area contributed by atoms with Gasteiger partial charge in [-0.1, -0.05) is 24.3 Å². The van der Waals surface area contributed by atoms with E-state index in [1.807, 2.05) is 24.3 Å². The van der Waals surface area contributed by atoms with E-state index in [-0.39, 0.29) is 31.3 Å². The molecule has 1 unspecified atom stereocenters. The number of aromatic nitrogens is 3. The SMILES string of the molecule is [2H]CC(C)(C)C(=O)OC[C@H]1OC(Oc2n[nH]c3nccc(CCc4ccc(CCCC(=O)N[C@@H](C)CO)cc4)c23)[C@H](OC(=O)C(C)(C)C[2H])[C@@H](OC(=O)C(C)(C)C[2H])[C@@H]1OC(=O)C(C)(C)C[2H]. The molecule has 63 heavy (non-hydrogen) atoms. The van der Waals surface area contributed by atoms with Crippen molar-refractivity contribution in [1.82, 2.24) is 20.5 Å². The number of nitrogens with one attached hydrogen (secondary N) is 2. The third-order valence-corrected chi connectivity index (χ3v) is 9.91. The van der Waals surface area contributed by atoms with E-state index in [4.69, 9.17) is 33.9 Å². The van der Waals surface area contributed by atoms with Crippen molar-refractivity contribution in [3.05, 3.63) is 53.2 Å². The van der Waals surface area contributed by atoms with E-state index in [0.29, 0.717) is 43.1 Å². The van der Waals surface area contributed by atoms with E-state index >= 15 is 0 Å². The molecule has 2 aromatic heterocycles. The molecule has 6 atom stereocenters. The minimum atomic E-state index is -1.74. The molecule has 0 bridgehead atoms. The van der Waals surface area contributed by atoms with Gasteiger partial charge in [-0.05, 0) is 138 Å². The highest BCUT2D eigenvalue weighted by Gasteiger charge is 2.56. The number of amides is 1. The molecule has 0 spiro atoms. The summed E-state index contributed by atoms with van der Waals surface area (Å²) in [6.07, 6.45) is -3.97. The van der Waals surface area contributed by atoms with E-state index in [0.717, 1.165) is 16.7 Å². The fourth-order valence-electron chi connectivity index (χ4n) is 6.10. The minimum absolute atomic E-state index is 0.0508. The number of hydrogen-bond donors (Lipinski definition) is 3. The number of nitrogens with zero attached hydrogens (tertiary/aromatic N) is 2. The van der Waals surface area contributed by atoms with E-state index in [1.165, 1.54) is 55.4 Å². The van der Waals surface area contributed by atoms with Crippen molar-refractivity contribution in [3.8, 4) is 5.88 Å². The van der Waals surface area contributed by atoms with Crippen LogP contribution in [0.1, 0.15) is 125 Å². The molecule has 3 N–H and O–H groups in total. The number of aryl methyl sites for hydroxylation is 3. The number of aliphatic hydroxyl groups excluding tert-OH is 1. The highest BCUT2D eigenvalue weighted by molar-refractivity contribution is 5.84. The molecule has 0 saturated carbocycles. The molecule has 1 aliphatic heterocycles. The third kappa shape index (κ3) is 14.2. The van der Waals surface area contributed by atoms with Gasteiger partial charge in [0.1, 0.15) is 12.7 Å². The topological polar surface area (TPSA) is 215 Å². The average Bonchev–Trinajstić information content (AvgIpc) is 3.72. The fourth-order valence-corrected chi connectivity index (χ4v) is 6.10. The standard InChI is InChI=1S/C47H68N4O12/c1-27(25-52)49-32(53)16-14-15-28-17-19-29(20-18-28)21-22-30-23-24-48-37-33(30)38(51-50-37)63-39-36(62-43(57)47(11,12)13)35(61-42(56)46(8,9)10)34(60-41(55)45(5,6)7)31(59-39)26-58-40(54)44(2,3)4/h17-20,23-24,27,31,34-36,39,52H,14-16,21-22,25-26H2,1-13H3,(H,49,53)(H,48,50,51)/t27-,31+,34+,35-,36+,39?/m0/s1/i2D,5D,8D,11D. The van der Waals surface area contributed by atoms with Gasteiger partial charge in [0.05, 0.1) is 33.7 Å². The van der Waals surface area contributed by atoms with Gasteiger partial charge < -0.3 is 38.8 Å². The molecule has 1 saturated heterocycles. The number of pyridine rings is 1. The van der Waals surface area contributed by atoms with Gasteiger partial charge in [-0.15, -0.1) is 5.10 Å². The van der Waals surface area contributed by atoms with Crippen LogP contribution in [0.2, 0.25) is 0 Å². The number of aliphatic hydroxyl groups is 1. The van der Waals surface area contributed by atoms with Gasteiger partial charge in [0.15, 0.2) is 17.9 Å². The number of benzene rings is 1. The van der Waals surface area contributed by atoms with Crippen LogP contribution in [-0.2, 0) is 66.9 Å². The summed E-state index contributed by atoms with van der Waals surface area (Å²) in [5, 5.41) is 19.7. The average molecular weight is 885 g/mol. The van der Waals surface area contributed by atoms with Crippen molar-refractivity contribution in [2.45, 2.75) is 159 Å². The molecule has 16 nitrogen and oxygen atoms in total. The van der Waals surface area contributed by atoms with Crippen LogP contribution in [0.5, 0.6) is 5.88 Å². The molecule has 1 aromatic carbocycles. The summed E-state index contributed by atoms with van der Waals surface area (Å²) >= 11 is 0. The Balaban J connectivity index is 1.75. The number of H-pyrrole nitrogens is 1. The van der Waals surface area contributed by atoms with Crippen molar-refractivity contribution < 1.29 is 63.0 Å². The van der Waals surface area contributed by atoms with E-state index in [2.05, 4.69) is 20.5 Å². The molecule has 0 aliphatic carbocycles. The predicted molar refractivity (Wildman–Crippen MR) is 233 cm³/mol. The Morgan fingerprint density at radius 1 is 0.778 bits per heavy atom. The smallest absolute Gasteiger partial charge is 0.311 e. The minimum Gasteiger partial charge on any atom is -0.462 e. The first-order chi connectivity index (χ1) is 31.4. The Bertz CT molecular complexity index is 2170. The monoisotopic (exact) mass is 885 g/mol. The quantitative estimate of drug-likeness (QED) is 0.109. The zero-order chi connectivity index (χ0) is 49.9. The normalized spacial score (nSPS) is 20.9. The second kappa shape index (κ2) is 20.6. The molecule has 1 aliphatic rings. The van der Waals surface area contributed by atoms with E-state index in [1.54, 1.807) is 19.2 Å². The van der Waals surface area contributed by atoms with E-state index in [9.17, 15) is 29.1 Å². The maximum Gasteiger partial charge on any atom is 0.311 e. The van der Waals surface area contributed by atoms with Gasteiger partial charge in [-0.3, -0.25) is 29.1 Å². The van der Waals surface area contributed by atoms with Gasteiger partial charge in [0, 0.05) is 24.1 Å². The highest BCUT2D eigenvalue weighted by Crippen LogP contribution is 2.36. The Morgan fingerprint density at radius 2 is 1.32 bits per heavy atom. The second-order valence-electron chi connectivity index (χ2n) is 18.9. The van der Waals surface area contributed by atoms with Crippen LogP contribution in [0.3, 0.4) is 0 Å². The van der Waals surface area contributed by atoms with Gasteiger partial charge in [-0.2, -0.15) is 0 Å². The Kier molecular flexibility index (Phi) is 14.6. The number of carbonyl (C=O) groups excluding carboxylic acids is 5. The number of esters is 4. The zero-order valence-corrected chi connectivity index (χ0v) is 38.0. The molecular formula is C47H68N4O12. The van der Waals surface area contributed by atoms with Crippen LogP contribution in [-0.4, -0.2) is 100 Å². The summed E-state index contributed by atoms with van der Waals surface area (Å²) in [5.74, 6) is -3.70. The first-order valence-electron chi connectivity index (χ1n) is 23.9. The number of aromatic amines is 1.